The summed E-state index contributed by atoms with van der Waals surface area (Å²) in [6.45, 7) is 3.56. The predicted molar refractivity (Wildman–Crippen MR) is 123 cm³/mol. The lowest BCUT2D eigenvalue weighted by Crippen LogP contribution is -2.35. The number of fused-ring (bicyclic) bond motifs is 1. The number of imidazole rings is 1. The summed E-state index contributed by atoms with van der Waals surface area (Å²) in [5.41, 5.74) is 3.10. The monoisotopic (exact) mass is 433 g/mol. The minimum atomic E-state index is -0.381. The fraction of sp³-hybridized carbons (Fsp3) is 0.417. The van der Waals surface area contributed by atoms with Crippen molar-refractivity contribution in [3.63, 3.8) is 0 Å². The Kier molecular flexibility index (Phi) is 5.28. The Morgan fingerprint density at radius 2 is 1.91 bits per heavy atom. The topological polar surface area (TPSA) is 93.3 Å². The average molecular weight is 434 g/mol. The first-order valence-electron chi connectivity index (χ1n) is 11.3. The minimum Gasteiger partial charge on any atom is -0.366 e. The molecule has 1 saturated heterocycles. The molecule has 2 aromatic carbocycles. The molecule has 0 bridgehead atoms. The van der Waals surface area contributed by atoms with E-state index in [9.17, 15) is 14.9 Å². The van der Waals surface area contributed by atoms with E-state index in [1.165, 1.54) is 6.07 Å². The molecular weight excluding hydrogens is 406 g/mol. The second-order valence-corrected chi connectivity index (χ2v) is 8.67. The van der Waals surface area contributed by atoms with E-state index in [-0.39, 0.29) is 22.6 Å². The van der Waals surface area contributed by atoms with Crippen LogP contribution in [0.25, 0.3) is 11.0 Å². The van der Waals surface area contributed by atoms with Crippen LogP contribution in [0.3, 0.4) is 0 Å². The largest absolute Gasteiger partial charge is 0.366 e. The molecule has 1 saturated carbocycles. The molecule has 32 heavy (non-hydrogen) atoms. The van der Waals surface area contributed by atoms with Gasteiger partial charge in [-0.15, -0.1) is 0 Å². The van der Waals surface area contributed by atoms with E-state index >= 15 is 0 Å². The van der Waals surface area contributed by atoms with Gasteiger partial charge in [0.1, 0.15) is 11.5 Å². The quantitative estimate of drug-likeness (QED) is 0.464. The maximum atomic E-state index is 12.3. The summed E-state index contributed by atoms with van der Waals surface area (Å²) in [5.74, 6) is 0.849. The van der Waals surface area contributed by atoms with E-state index in [0.717, 1.165) is 62.1 Å². The molecule has 8 nitrogen and oxygen atoms in total. The van der Waals surface area contributed by atoms with Crippen LogP contribution in [-0.4, -0.2) is 39.5 Å². The lowest BCUT2D eigenvalue weighted by atomic mass is 10.0. The molecular formula is C24H27N5O3. The Morgan fingerprint density at radius 3 is 2.59 bits per heavy atom. The van der Waals surface area contributed by atoms with Gasteiger partial charge in [-0.2, -0.15) is 0 Å². The zero-order valence-corrected chi connectivity index (χ0v) is 18.2. The minimum absolute atomic E-state index is 0.00535. The molecule has 1 aliphatic heterocycles. The molecule has 2 aliphatic rings. The number of hydrogen-bond acceptors (Lipinski definition) is 5. The van der Waals surface area contributed by atoms with Crippen molar-refractivity contribution in [2.75, 3.05) is 18.0 Å². The summed E-state index contributed by atoms with van der Waals surface area (Å²) in [6, 6.07) is 13.6. The number of aryl methyl sites for hydroxylation is 1. The van der Waals surface area contributed by atoms with Gasteiger partial charge in [-0.1, -0.05) is 19.1 Å². The summed E-state index contributed by atoms with van der Waals surface area (Å²) in [5, 5.41) is 14.7. The van der Waals surface area contributed by atoms with E-state index in [1.807, 2.05) is 18.2 Å². The third-order valence-corrected chi connectivity index (χ3v) is 6.50. The normalized spacial score (nSPS) is 17.0. The predicted octanol–water partition coefficient (Wildman–Crippen LogP) is 4.24. The molecule has 5 rings (SSSR count). The number of benzene rings is 2. The Hall–Kier alpha value is -3.42. The molecule has 1 aromatic heterocycles. The summed E-state index contributed by atoms with van der Waals surface area (Å²) < 4.78 is 2.35. The van der Waals surface area contributed by atoms with Crippen LogP contribution < -0.4 is 10.2 Å². The molecule has 8 heteroatoms. The number of rotatable bonds is 6. The molecule has 1 N–H and O–H groups in total. The Morgan fingerprint density at radius 1 is 1.16 bits per heavy atom. The lowest BCUT2D eigenvalue weighted by molar-refractivity contribution is -0.384. The molecule has 2 fully saturated rings. The molecule has 1 aliphatic carbocycles. The number of nitrogens with zero attached hydrogens (tertiary/aromatic N) is 4. The zero-order chi connectivity index (χ0) is 22.2. The first kappa shape index (κ1) is 20.5. The molecule has 1 amide bonds. The van der Waals surface area contributed by atoms with E-state index in [2.05, 4.69) is 27.8 Å². The zero-order valence-electron chi connectivity index (χ0n) is 18.2. The fourth-order valence-electron chi connectivity index (χ4n) is 4.69. The van der Waals surface area contributed by atoms with Gasteiger partial charge in [0, 0.05) is 43.2 Å². The van der Waals surface area contributed by atoms with Crippen molar-refractivity contribution in [2.45, 2.75) is 51.1 Å². The van der Waals surface area contributed by atoms with Crippen LogP contribution in [0.4, 0.5) is 11.4 Å². The van der Waals surface area contributed by atoms with Gasteiger partial charge in [0.2, 0.25) is 0 Å². The molecule has 3 aromatic rings. The second kappa shape index (κ2) is 8.26. The Bertz CT molecular complexity index is 1180. The smallest absolute Gasteiger partial charge is 0.293 e. The molecule has 0 spiro atoms. The summed E-state index contributed by atoms with van der Waals surface area (Å²) in [4.78, 5) is 30.6. The van der Waals surface area contributed by atoms with Crippen molar-refractivity contribution < 1.29 is 9.72 Å². The van der Waals surface area contributed by atoms with Gasteiger partial charge in [-0.05, 0) is 49.9 Å². The second-order valence-electron chi connectivity index (χ2n) is 8.67. The lowest BCUT2D eigenvalue weighted by Gasteiger charge is -2.34. The average Bonchev–Trinajstić information content (AvgIpc) is 3.55. The van der Waals surface area contributed by atoms with Crippen LogP contribution >= 0.6 is 0 Å². The van der Waals surface area contributed by atoms with Crippen LogP contribution in [0.5, 0.6) is 0 Å². The van der Waals surface area contributed by atoms with Crippen molar-refractivity contribution in [1.29, 1.82) is 0 Å². The number of aromatic nitrogens is 2. The van der Waals surface area contributed by atoms with Crippen molar-refractivity contribution in [3.05, 3.63) is 64.0 Å². The van der Waals surface area contributed by atoms with Crippen LogP contribution in [-0.2, 0) is 6.42 Å². The van der Waals surface area contributed by atoms with Crippen molar-refractivity contribution in [3.8, 4) is 0 Å². The maximum Gasteiger partial charge on any atom is 0.293 e. The van der Waals surface area contributed by atoms with Gasteiger partial charge < -0.3 is 14.8 Å². The summed E-state index contributed by atoms with van der Waals surface area (Å²) in [7, 11) is 0. The first-order valence-corrected chi connectivity index (χ1v) is 11.3. The fourth-order valence-corrected chi connectivity index (χ4v) is 4.69. The molecule has 0 radical (unpaired) electrons. The van der Waals surface area contributed by atoms with Gasteiger partial charge in [-0.25, -0.2) is 4.98 Å². The standard InChI is InChI=1S/C24H27N5O3/c1-2-23-26-19-5-3-4-6-20(19)28(23)18-11-13-27(14-12-18)21-10-7-16(15-22(21)29(31)32)24(30)25-17-8-9-17/h3-7,10,15,17-18H,2,8-9,11-14H2,1H3,(H,25,30). The number of nitrogens with one attached hydrogen (secondary N) is 1. The highest BCUT2D eigenvalue weighted by atomic mass is 16.6. The molecule has 2 heterocycles. The van der Waals surface area contributed by atoms with Gasteiger partial charge in [-0.3, -0.25) is 14.9 Å². The number of amides is 1. The van der Waals surface area contributed by atoms with Crippen LogP contribution in [0.2, 0.25) is 0 Å². The highest BCUT2D eigenvalue weighted by molar-refractivity contribution is 5.96. The van der Waals surface area contributed by atoms with Crippen LogP contribution in [0, 0.1) is 10.1 Å². The van der Waals surface area contributed by atoms with Crippen molar-refractivity contribution in [2.24, 2.45) is 0 Å². The Labute approximate surface area is 186 Å². The highest BCUT2D eigenvalue weighted by Crippen LogP contribution is 2.35. The summed E-state index contributed by atoms with van der Waals surface area (Å²) in [6.07, 6.45) is 4.59. The van der Waals surface area contributed by atoms with E-state index in [0.29, 0.717) is 17.3 Å². The van der Waals surface area contributed by atoms with Gasteiger partial charge in [0.25, 0.3) is 11.6 Å². The number of carbonyl (C=O) groups excluding carboxylic acids is 1. The van der Waals surface area contributed by atoms with E-state index in [4.69, 9.17) is 4.98 Å². The SMILES string of the molecule is CCc1nc2ccccc2n1C1CCN(c2ccc(C(=O)NC3CC3)cc2[N+](=O)[O-])CC1. The van der Waals surface area contributed by atoms with Crippen molar-refractivity contribution in [1.82, 2.24) is 14.9 Å². The Balaban J connectivity index is 1.36. The first-order chi connectivity index (χ1) is 15.5. The third kappa shape index (κ3) is 3.81. The number of para-hydroxylation sites is 2. The number of hydrogen-bond donors (Lipinski definition) is 1. The number of nitro benzene ring substituents is 1. The van der Waals surface area contributed by atoms with E-state index < -0.39 is 0 Å². The van der Waals surface area contributed by atoms with Crippen molar-refractivity contribution >= 4 is 28.3 Å². The van der Waals surface area contributed by atoms with Gasteiger partial charge in [0.15, 0.2) is 0 Å². The molecule has 166 valence electrons. The molecule has 0 unspecified atom stereocenters. The number of piperidine rings is 1. The number of anilines is 1. The number of nitro groups is 1. The molecule has 0 atom stereocenters. The third-order valence-electron chi connectivity index (χ3n) is 6.50. The van der Waals surface area contributed by atoms with Gasteiger partial charge in [0.05, 0.1) is 16.0 Å². The summed E-state index contributed by atoms with van der Waals surface area (Å²) >= 11 is 0. The van der Waals surface area contributed by atoms with E-state index in [1.54, 1.807) is 12.1 Å². The highest BCUT2D eigenvalue weighted by Gasteiger charge is 2.29. The van der Waals surface area contributed by atoms with Crippen LogP contribution in [0.15, 0.2) is 42.5 Å². The van der Waals surface area contributed by atoms with Crippen LogP contribution in [0.1, 0.15) is 54.8 Å². The van der Waals surface area contributed by atoms with Gasteiger partial charge >= 0.3 is 0 Å². The maximum absolute atomic E-state index is 12.3. The number of carbonyl (C=O) groups is 1.